The van der Waals surface area contributed by atoms with Crippen molar-refractivity contribution in [2.75, 3.05) is 18.6 Å². The lowest BCUT2D eigenvalue weighted by atomic mass is 9.68. The molecule has 1 aliphatic carbocycles. The van der Waals surface area contributed by atoms with Crippen molar-refractivity contribution in [3.8, 4) is 0 Å². The zero-order valence-corrected chi connectivity index (χ0v) is 8.23. The van der Waals surface area contributed by atoms with Crippen LogP contribution in [0, 0.1) is 5.41 Å². The van der Waals surface area contributed by atoms with Crippen LogP contribution < -0.4 is 0 Å². The van der Waals surface area contributed by atoms with Crippen LogP contribution in [0.25, 0.3) is 0 Å². The van der Waals surface area contributed by atoms with Crippen molar-refractivity contribution in [1.82, 2.24) is 0 Å². The molecule has 0 heterocycles. The first-order valence-corrected chi connectivity index (χ1v) is 6.32. The first-order valence-electron chi connectivity index (χ1n) is 4.26. The summed E-state index contributed by atoms with van der Waals surface area (Å²) in [5.41, 5.74) is -0.0525. The normalized spacial score (nSPS) is 21.8. The molecule has 1 rings (SSSR count). The molecule has 1 saturated carbocycles. The lowest BCUT2D eigenvalue weighted by molar-refractivity contribution is 0.0418. The fourth-order valence-corrected chi connectivity index (χ4v) is 2.37. The third-order valence-corrected chi connectivity index (χ3v) is 3.70. The van der Waals surface area contributed by atoms with Crippen LogP contribution in [-0.4, -0.2) is 32.1 Å². The Morgan fingerprint density at radius 3 is 2.25 bits per heavy atom. The third kappa shape index (κ3) is 2.45. The van der Waals surface area contributed by atoms with Gasteiger partial charge in [-0.3, -0.25) is 0 Å². The number of rotatable bonds is 4. The Morgan fingerprint density at radius 2 is 2.00 bits per heavy atom. The number of hydrogen-bond acceptors (Lipinski definition) is 3. The molecule has 0 spiro atoms. The summed E-state index contributed by atoms with van der Waals surface area (Å²) in [6.45, 7) is 0.141. The standard InChI is InChI=1S/C8H16O3S/c1-12(10,11)6-5-8(7-9)3-2-4-8/h9H,2-7H2,1H3. The van der Waals surface area contributed by atoms with E-state index >= 15 is 0 Å². The van der Waals surface area contributed by atoms with Crippen molar-refractivity contribution in [3.05, 3.63) is 0 Å². The first-order chi connectivity index (χ1) is 5.47. The Kier molecular flexibility index (Phi) is 2.78. The summed E-state index contributed by atoms with van der Waals surface area (Å²) in [4.78, 5) is 0. The van der Waals surface area contributed by atoms with Crippen LogP contribution >= 0.6 is 0 Å². The molecule has 3 nitrogen and oxygen atoms in total. The SMILES string of the molecule is CS(=O)(=O)CCC1(CO)CCC1. The lowest BCUT2D eigenvalue weighted by Gasteiger charge is -2.40. The fourth-order valence-electron chi connectivity index (χ4n) is 1.57. The Hall–Kier alpha value is -0.0900. The summed E-state index contributed by atoms with van der Waals surface area (Å²) in [7, 11) is -2.85. The zero-order valence-electron chi connectivity index (χ0n) is 7.41. The van der Waals surface area contributed by atoms with Crippen molar-refractivity contribution in [2.24, 2.45) is 5.41 Å². The molecule has 0 saturated heterocycles. The van der Waals surface area contributed by atoms with Crippen LogP contribution in [0.3, 0.4) is 0 Å². The minimum atomic E-state index is -2.85. The molecule has 0 amide bonds. The Labute approximate surface area is 73.7 Å². The molecule has 0 aromatic rings. The van der Waals surface area contributed by atoms with E-state index in [-0.39, 0.29) is 17.8 Å². The van der Waals surface area contributed by atoms with Gasteiger partial charge in [0.2, 0.25) is 0 Å². The number of hydrogen-bond donors (Lipinski definition) is 1. The monoisotopic (exact) mass is 192 g/mol. The van der Waals surface area contributed by atoms with E-state index in [2.05, 4.69) is 0 Å². The Bertz CT molecular complexity index is 234. The molecule has 1 N–H and O–H groups in total. The summed E-state index contributed by atoms with van der Waals surface area (Å²) in [5.74, 6) is 0.216. The minimum absolute atomic E-state index is 0.0525. The smallest absolute Gasteiger partial charge is 0.147 e. The number of aliphatic hydroxyl groups is 1. The summed E-state index contributed by atoms with van der Waals surface area (Å²) in [6, 6.07) is 0. The summed E-state index contributed by atoms with van der Waals surface area (Å²) in [6.07, 6.45) is 4.97. The van der Waals surface area contributed by atoms with Gasteiger partial charge in [-0.1, -0.05) is 6.42 Å². The highest BCUT2D eigenvalue weighted by molar-refractivity contribution is 7.90. The van der Waals surface area contributed by atoms with E-state index in [1.165, 1.54) is 6.26 Å². The van der Waals surface area contributed by atoms with E-state index in [1.807, 2.05) is 0 Å². The predicted molar refractivity (Wildman–Crippen MR) is 47.7 cm³/mol. The lowest BCUT2D eigenvalue weighted by Crippen LogP contribution is -2.35. The van der Waals surface area contributed by atoms with Gasteiger partial charge >= 0.3 is 0 Å². The Balaban J connectivity index is 2.40. The molecule has 0 aromatic carbocycles. The van der Waals surface area contributed by atoms with E-state index in [0.717, 1.165) is 19.3 Å². The van der Waals surface area contributed by atoms with Gasteiger partial charge in [-0.05, 0) is 24.7 Å². The maximum absolute atomic E-state index is 10.9. The zero-order chi connectivity index (χ0) is 9.24. The van der Waals surface area contributed by atoms with Crippen LogP contribution in [-0.2, 0) is 9.84 Å². The first kappa shape index (κ1) is 9.99. The minimum Gasteiger partial charge on any atom is -0.396 e. The van der Waals surface area contributed by atoms with E-state index < -0.39 is 9.84 Å². The van der Waals surface area contributed by atoms with E-state index in [9.17, 15) is 8.42 Å². The molecule has 1 aliphatic rings. The van der Waals surface area contributed by atoms with Gasteiger partial charge in [0.1, 0.15) is 9.84 Å². The fraction of sp³-hybridized carbons (Fsp3) is 1.00. The van der Waals surface area contributed by atoms with Crippen LogP contribution in [0.4, 0.5) is 0 Å². The number of sulfone groups is 1. The molecule has 72 valence electrons. The van der Waals surface area contributed by atoms with E-state index in [0.29, 0.717) is 6.42 Å². The van der Waals surface area contributed by atoms with Gasteiger partial charge in [0, 0.05) is 12.9 Å². The van der Waals surface area contributed by atoms with E-state index in [1.54, 1.807) is 0 Å². The average molecular weight is 192 g/mol. The van der Waals surface area contributed by atoms with Crippen LogP contribution in [0.15, 0.2) is 0 Å². The molecule has 0 aliphatic heterocycles. The summed E-state index contributed by atoms with van der Waals surface area (Å²) in [5, 5.41) is 9.04. The van der Waals surface area contributed by atoms with Gasteiger partial charge in [0.05, 0.1) is 5.75 Å². The highest BCUT2D eigenvalue weighted by atomic mass is 32.2. The van der Waals surface area contributed by atoms with Gasteiger partial charge in [-0.2, -0.15) is 0 Å². The predicted octanol–water partition coefficient (Wildman–Crippen LogP) is 0.584. The topological polar surface area (TPSA) is 54.4 Å². The van der Waals surface area contributed by atoms with Gasteiger partial charge in [0.15, 0.2) is 0 Å². The Morgan fingerprint density at radius 1 is 1.42 bits per heavy atom. The van der Waals surface area contributed by atoms with Crippen molar-refractivity contribution in [3.63, 3.8) is 0 Å². The molecule has 0 unspecified atom stereocenters. The van der Waals surface area contributed by atoms with Gasteiger partial charge in [-0.15, -0.1) is 0 Å². The van der Waals surface area contributed by atoms with Gasteiger partial charge in [-0.25, -0.2) is 8.42 Å². The summed E-state index contributed by atoms with van der Waals surface area (Å²) >= 11 is 0. The molecule has 0 bridgehead atoms. The highest BCUT2D eigenvalue weighted by Crippen LogP contribution is 2.43. The second-order valence-electron chi connectivity index (χ2n) is 3.89. The van der Waals surface area contributed by atoms with Gasteiger partial charge in [0.25, 0.3) is 0 Å². The molecule has 12 heavy (non-hydrogen) atoms. The van der Waals surface area contributed by atoms with Crippen LogP contribution in [0.5, 0.6) is 0 Å². The third-order valence-electron chi connectivity index (χ3n) is 2.75. The molecular formula is C8H16O3S. The largest absolute Gasteiger partial charge is 0.396 e. The molecule has 1 fully saturated rings. The maximum Gasteiger partial charge on any atom is 0.147 e. The molecule has 0 aromatic heterocycles. The van der Waals surface area contributed by atoms with Gasteiger partial charge < -0.3 is 5.11 Å². The number of aliphatic hydroxyl groups excluding tert-OH is 1. The van der Waals surface area contributed by atoms with E-state index in [4.69, 9.17) is 5.11 Å². The molecule has 4 heteroatoms. The van der Waals surface area contributed by atoms with Crippen LogP contribution in [0.2, 0.25) is 0 Å². The van der Waals surface area contributed by atoms with Crippen molar-refractivity contribution < 1.29 is 13.5 Å². The molecule has 0 atom stereocenters. The summed E-state index contributed by atoms with van der Waals surface area (Å²) < 4.78 is 21.7. The van der Waals surface area contributed by atoms with Crippen molar-refractivity contribution in [1.29, 1.82) is 0 Å². The quantitative estimate of drug-likeness (QED) is 0.709. The van der Waals surface area contributed by atoms with Crippen molar-refractivity contribution >= 4 is 9.84 Å². The maximum atomic E-state index is 10.9. The second-order valence-corrected chi connectivity index (χ2v) is 6.15. The highest BCUT2D eigenvalue weighted by Gasteiger charge is 2.36. The van der Waals surface area contributed by atoms with Crippen LogP contribution in [0.1, 0.15) is 25.7 Å². The molecular weight excluding hydrogens is 176 g/mol. The van der Waals surface area contributed by atoms with Crippen molar-refractivity contribution in [2.45, 2.75) is 25.7 Å². The molecule has 0 radical (unpaired) electrons. The average Bonchev–Trinajstić information content (AvgIpc) is 1.84. The second kappa shape index (κ2) is 3.34.